The van der Waals surface area contributed by atoms with E-state index in [0.29, 0.717) is 0 Å². The van der Waals surface area contributed by atoms with Crippen LogP contribution in [0.2, 0.25) is 0 Å². The Morgan fingerprint density at radius 3 is 2.95 bits per heavy atom. The van der Waals surface area contributed by atoms with Crippen LogP contribution >= 0.6 is 11.3 Å². The quantitative estimate of drug-likeness (QED) is 0.797. The molecular formula is C13H15N5S. The summed E-state index contributed by atoms with van der Waals surface area (Å²) in [5.74, 6) is 0.899. The molecule has 0 saturated heterocycles. The molecule has 0 aliphatic heterocycles. The first kappa shape index (κ1) is 12.1. The van der Waals surface area contributed by atoms with Gasteiger partial charge in [-0.1, -0.05) is 17.4 Å². The fourth-order valence-electron chi connectivity index (χ4n) is 2.03. The van der Waals surface area contributed by atoms with Gasteiger partial charge in [0.05, 0.1) is 16.3 Å². The van der Waals surface area contributed by atoms with Crippen molar-refractivity contribution < 1.29 is 0 Å². The number of rotatable bonds is 3. The van der Waals surface area contributed by atoms with Crippen LogP contribution in [0.5, 0.6) is 0 Å². The van der Waals surface area contributed by atoms with Gasteiger partial charge in [0, 0.05) is 7.05 Å². The molecule has 6 heteroatoms. The molecule has 98 valence electrons. The molecule has 1 unspecified atom stereocenters. The number of nitrogens with one attached hydrogen (secondary N) is 1. The third kappa shape index (κ3) is 2.31. The van der Waals surface area contributed by atoms with Crippen molar-refractivity contribution in [3.8, 4) is 0 Å². The third-order valence-electron chi connectivity index (χ3n) is 3.02. The molecule has 0 bridgehead atoms. The second-order valence-corrected chi connectivity index (χ2v) is 5.69. The average molecular weight is 273 g/mol. The molecule has 0 radical (unpaired) electrons. The minimum atomic E-state index is 0.0779. The molecule has 2 heterocycles. The van der Waals surface area contributed by atoms with E-state index in [2.05, 4.69) is 52.5 Å². The van der Waals surface area contributed by atoms with Gasteiger partial charge in [0.1, 0.15) is 6.33 Å². The molecule has 2 aromatic heterocycles. The maximum Gasteiger partial charge on any atom is 0.184 e. The standard InChI is InChI=1S/C13H15N5S/c1-8-4-5-11-10(6-8)16-13(19-11)15-9(2)12-17-14-7-18(12)3/h4-7,9H,1-3H3,(H,15,16). The summed E-state index contributed by atoms with van der Waals surface area (Å²) < 4.78 is 3.10. The predicted molar refractivity (Wildman–Crippen MR) is 77.4 cm³/mol. The lowest BCUT2D eigenvalue weighted by molar-refractivity contribution is 0.719. The first-order valence-corrected chi connectivity index (χ1v) is 6.93. The number of aromatic nitrogens is 4. The Morgan fingerprint density at radius 2 is 2.21 bits per heavy atom. The van der Waals surface area contributed by atoms with Gasteiger partial charge in [-0.15, -0.1) is 10.2 Å². The van der Waals surface area contributed by atoms with Crippen molar-refractivity contribution in [3.63, 3.8) is 0 Å². The van der Waals surface area contributed by atoms with Gasteiger partial charge in [-0.25, -0.2) is 4.98 Å². The molecule has 1 atom stereocenters. The maximum absolute atomic E-state index is 4.60. The monoisotopic (exact) mass is 273 g/mol. The average Bonchev–Trinajstić information content (AvgIpc) is 2.94. The van der Waals surface area contributed by atoms with Crippen molar-refractivity contribution in [2.24, 2.45) is 7.05 Å². The zero-order chi connectivity index (χ0) is 13.4. The van der Waals surface area contributed by atoms with E-state index in [1.165, 1.54) is 10.3 Å². The minimum absolute atomic E-state index is 0.0779. The van der Waals surface area contributed by atoms with Crippen LogP contribution in [0.3, 0.4) is 0 Å². The van der Waals surface area contributed by atoms with Crippen LogP contribution in [0, 0.1) is 6.92 Å². The first-order chi connectivity index (χ1) is 9.13. The SMILES string of the molecule is Cc1ccc2sc(NC(C)c3nncn3C)nc2c1. The van der Waals surface area contributed by atoms with Crippen molar-refractivity contribution in [3.05, 3.63) is 35.9 Å². The highest BCUT2D eigenvalue weighted by Gasteiger charge is 2.13. The zero-order valence-corrected chi connectivity index (χ0v) is 11.9. The minimum Gasteiger partial charge on any atom is -0.352 e. The van der Waals surface area contributed by atoms with Crippen molar-refractivity contribution in [2.45, 2.75) is 19.9 Å². The second kappa shape index (κ2) is 4.62. The number of thiazole rings is 1. The molecule has 3 rings (SSSR count). The van der Waals surface area contributed by atoms with Gasteiger partial charge in [0.15, 0.2) is 11.0 Å². The van der Waals surface area contributed by atoms with Crippen LogP contribution in [-0.4, -0.2) is 19.7 Å². The van der Waals surface area contributed by atoms with E-state index in [9.17, 15) is 0 Å². The maximum atomic E-state index is 4.60. The number of aryl methyl sites for hydroxylation is 2. The van der Waals surface area contributed by atoms with Crippen LogP contribution in [0.15, 0.2) is 24.5 Å². The Kier molecular flexibility index (Phi) is 2.94. The van der Waals surface area contributed by atoms with Crippen LogP contribution in [0.4, 0.5) is 5.13 Å². The Morgan fingerprint density at radius 1 is 1.37 bits per heavy atom. The van der Waals surface area contributed by atoms with Gasteiger partial charge in [0.2, 0.25) is 0 Å². The van der Waals surface area contributed by atoms with Crippen LogP contribution in [0.1, 0.15) is 24.4 Å². The molecule has 5 nitrogen and oxygen atoms in total. The topological polar surface area (TPSA) is 55.6 Å². The van der Waals surface area contributed by atoms with E-state index in [0.717, 1.165) is 16.5 Å². The second-order valence-electron chi connectivity index (χ2n) is 4.66. The summed E-state index contributed by atoms with van der Waals surface area (Å²) in [6.07, 6.45) is 1.70. The smallest absolute Gasteiger partial charge is 0.184 e. The van der Waals surface area contributed by atoms with E-state index in [1.807, 2.05) is 11.6 Å². The van der Waals surface area contributed by atoms with Gasteiger partial charge in [0.25, 0.3) is 0 Å². The summed E-state index contributed by atoms with van der Waals surface area (Å²) in [7, 11) is 1.94. The van der Waals surface area contributed by atoms with E-state index in [4.69, 9.17) is 0 Å². The highest BCUT2D eigenvalue weighted by atomic mass is 32.1. The summed E-state index contributed by atoms with van der Waals surface area (Å²) >= 11 is 1.66. The first-order valence-electron chi connectivity index (χ1n) is 6.11. The highest BCUT2D eigenvalue weighted by Crippen LogP contribution is 2.28. The highest BCUT2D eigenvalue weighted by molar-refractivity contribution is 7.22. The summed E-state index contributed by atoms with van der Waals surface area (Å²) in [6.45, 7) is 4.13. The normalized spacial score (nSPS) is 12.8. The largest absolute Gasteiger partial charge is 0.352 e. The Balaban J connectivity index is 1.87. The molecule has 1 N–H and O–H groups in total. The lowest BCUT2D eigenvalue weighted by atomic mass is 10.2. The number of anilines is 1. The van der Waals surface area contributed by atoms with Crippen molar-refractivity contribution >= 4 is 26.7 Å². The van der Waals surface area contributed by atoms with Crippen molar-refractivity contribution in [2.75, 3.05) is 5.32 Å². The van der Waals surface area contributed by atoms with Gasteiger partial charge in [-0.2, -0.15) is 0 Å². The molecule has 0 aliphatic carbocycles. The van der Waals surface area contributed by atoms with E-state index in [-0.39, 0.29) is 6.04 Å². The Hall–Kier alpha value is -1.95. The van der Waals surface area contributed by atoms with Gasteiger partial charge in [-0.3, -0.25) is 0 Å². The fraction of sp³-hybridized carbons (Fsp3) is 0.308. The molecule has 1 aromatic carbocycles. The number of fused-ring (bicyclic) bond motifs is 1. The number of hydrogen-bond donors (Lipinski definition) is 1. The van der Waals surface area contributed by atoms with Gasteiger partial charge >= 0.3 is 0 Å². The molecule has 0 fully saturated rings. The summed E-state index contributed by atoms with van der Waals surface area (Å²) in [6, 6.07) is 6.40. The Labute approximate surface area is 115 Å². The summed E-state index contributed by atoms with van der Waals surface area (Å²) in [4.78, 5) is 4.60. The molecule has 0 spiro atoms. The molecule has 3 aromatic rings. The Bertz CT molecular complexity index is 715. The lowest BCUT2D eigenvalue weighted by Crippen LogP contribution is -2.11. The van der Waals surface area contributed by atoms with Crippen LogP contribution in [0.25, 0.3) is 10.2 Å². The number of hydrogen-bond acceptors (Lipinski definition) is 5. The molecule has 0 amide bonds. The van der Waals surface area contributed by atoms with E-state index in [1.54, 1.807) is 17.7 Å². The van der Waals surface area contributed by atoms with Crippen LogP contribution in [-0.2, 0) is 7.05 Å². The number of benzene rings is 1. The fourth-order valence-corrected chi connectivity index (χ4v) is 2.97. The third-order valence-corrected chi connectivity index (χ3v) is 3.98. The molecular weight excluding hydrogens is 258 g/mol. The molecule has 0 saturated carbocycles. The van der Waals surface area contributed by atoms with Gasteiger partial charge in [-0.05, 0) is 31.5 Å². The zero-order valence-electron chi connectivity index (χ0n) is 11.1. The van der Waals surface area contributed by atoms with E-state index < -0.39 is 0 Å². The number of nitrogens with zero attached hydrogens (tertiary/aromatic N) is 4. The predicted octanol–water partition coefficient (Wildman–Crippen LogP) is 2.91. The summed E-state index contributed by atoms with van der Waals surface area (Å²) in [5.41, 5.74) is 2.27. The van der Waals surface area contributed by atoms with Crippen molar-refractivity contribution in [1.82, 2.24) is 19.7 Å². The summed E-state index contributed by atoms with van der Waals surface area (Å²) in [5, 5.41) is 12.3. The van der Waals surface area contributed by atoms with E-state index >= 15 is 0 Å². The van der Waals surface area contributed by atoms with Crippen molar-refractivity contribution in [1.29, 1.82) is 0 Å². The molecule has 0 aliphatic rings. The van der Waals surface area contributed by atoms with Gasteiger partial charge < -0.3 is 9.88 Å². The van der Waals surface area contributed by atoms with Crippen LogP contribution < -0.4 is 5.32 Å². The molecule has 19 heavy (non-hydrogen) atoms. The lowest BCUT2D eigenvalue weighted by Gasteiger charge is -2.11.